The molecule has 0 unspecified atom stereocenters. The average Bonchev–Trinajstić information content (AvgIpc) is 3.11. The van der Waals surface area contributed by atoms with Gasteiger partial charge in [-0.25, -0.2) is 0 Å². The molecule has 0 heterocycles. The predicted octanol–water partition coefficient (Wildman–Crippen LogP) is 13.9. The van der Waals surface area contributed by atoms with E-state index in [1.165, 1.54) is 69.3 Å². The summed E-state index contributed by atoms with van der Waals surface area (Å²) in [5.41, 5.74) is 6.75. The zero-order chi connectivity index (χ0) is 44.5. The van der Waals surface area contributed by atoms with Gasteiger partial charge >= 0.3 is 70.8 Å². The van der Waals surface area contributed by atoms with Gasteiger partial charge in [0.15, 0.2) is 3.79 Å². The standard InChI is InChI=1S/C10H10BrNO5.C9H7BrCl3NO3.C7H7BrN2O3.C2H5I.C2H6.CH3.3HI.V/c1-16-9-4-6(12(14)15)3-8(11)7(9)5-10(13)17-2;1-17-8-3-5(14(15)16)2-7(10)6(8)4-9(11,12)13;1-13-6-3-4(10(11)12)2-5(8)7(6)9;1-2-3;1-2;;;;;/h3-4H,5H2,1-2H3;2-3H,4H2,1H3;2-3H,9H2,1H3;2H2,1H3;1-2H3;1H3;3*1H;/q;;;;;-1;;;;+3/p-3. The van der Waals surface area contributed by atoms with Gasteiger partial charge in [0.25, 0.3) is 17.1 Å². The second-order valence-corrected chi connectivity index (χ2v) is 51.0. The van der Waals surface area contributed by atoms with Crippen molar-refractivity contribution in [2.24, 2.45) is 0 Å². The van der Waals surface area contributed by atoms with Crippen LogP contribution in [0.4, 0.5) is 22.7 Å². The van der Waals surface area contributed by atoms with Gasteiger partial charge in [-0.2, -0.15) is 0 Å². The van der Waals surface area contributed by atoms with Crippen LogP contribution in [0.1, 0.15) is 31.9 Å². The number of non-ortho nitro benzene ring substituents is 3. The van der Waals surface area contributed by atoms with Gasteiger partial charge in [-0.15, -0.1) is 0 Å². The fraction of sp³-hybridized carbons (Fsp3) is 0.355. The summed E-state index contributed by atoms with van der Waals surface area (Å²) in [5.74, 6) is 0.424. The first-order valence-electron chi connectivity index (χ1n) is 14.7. The number of benzene rings is 3. The van der Waals surface area contributed by atoms with E-state index < -0.39 is 24.5 Å². The van der Waals surface area contributed by atoms with Crippen LogP contribution in [0.3, 0.4) is 0 Å². The average molecular weight is 1550 g/mol. The van der Waals surface area contributed by atoms with Crippen molar-refractivity contribution in [3.63, 3.8) is 0 Å². The third kappa shape index (κ3) is 27.8. The number of nitrogens with zero attached hydrogens (tertiary/aromatic N) is 3. The van der Waals surface area contributed by atoms with Gasteiger partial charge in [-0.05, 0) is 20.4 Å². The second-order valence-electron chi connectivity index (χ2n) is 9.04. The zero-order valence-electron chi connectivity index (χ0n) is 31.2. The monoisotopic (exact) mass is 1540 g/mol. The number of alkyl halides is 4. The van der Waals surface area contributed by atoms with Gasteiger partial charge in [0.2, 0.25) is 0 Å². The molecular weight excluding hydrogens is 1510 g/mol. The van der Waals surface area contributed by atoms with Crippen molar-refractivity contribution >= 4 is 194 Å². The van der Waals surface area contributed by atoms with Gasteiger partial charge in [-0.1, -0.05) is 110 Å². The number of carbonyl (C=O) groups is 1. The van der Waals surface area contributed by atoms with Crippen LogP contribution in [-0.4, -0.2) is 57.4 Å². The molecule has 26 heteroatoms. The van der Waals surface area contributed by atoms with E-state index in [9.17, 15) is 35.1 Å². The fourth-order valence-corrected chi connectivity index (χ4v) is 5.35. The third-order valence-electron chi connectivity index (χ3n) is 5.57. The van der Waals surface area contributed by atoms with Crippen LogP contribution < -0.4 is 19.9 Å². The number of hydrogen-bond acceptors (Lipinski definition) is 12. The fourth-order valence-electron chi connectivity index (χ4n) is 3.38. The summed E-state index contributed by atoms with van der Waals surface area (Å²) in [5, 5.41) is 31.7. The number of halogens is 10. The van der Waals surface area contributed by atoms with Crippen LogP contribution in [0.25, 0.3) is 0 Å². The molecule has 3 rings (SSSR count). The van der Waals surface area contributed by atoms with Crippen LogP contribution in [0.2, 0.25) is 0 Å². The third-order valence-corrected chi connectivity index (χ3v) is 8.05. The van der Waals surface area contributed by atoms with Crippen LogP contribution in [0, 0.1) is 37.8 Å². The summed E-state index contributed by atoms with van der Waals surface area (Å²) >= 11 is 36.2. The van der Waals surface area contributed by atoms with Gasteiger partial charge in [-0.3, -0.25) is 35.1 Å². The normalized spacial score (nSPS) is 9.58. The first kappa shape index (κ1) is 64.0. The van der Waals surface area contributed by atoms with Crippen molar-refractivity contribution in [3.05, 3.63) is 98.7 Å². The Kier molecular flexibility index (Phi) is 39.1. The Bertz CT molecular complexity index is 1740. The molecule has 0 radical (unpaired) electrons. The van der Waals surface area contributed by atoms with Crippen molar-refractivity contribution < 1.29 is 43.4 Å². The molecule has 3 aromatic rings. The maximum atomic E-state index is 11.2. The second kappa shape index (κ2) is 34.9. The molecule has 0 bridgehead atoms. The van der Waals surface area contributed by atoms with Crippen molar-refractivity contribution in [1.82, 2.24) is 0 Å². The molecular formula is C31H38Br3Cl3I4N4O11V-. The Morgan fingerprint density at radius 1 is 0.737 bits per heavy atom. The molecule has 57 heavy (non-hydrogen) atoms. The zero-order valence-corrected chi connectivity index (χ0v) is 48.3. The molecule has 324 valence electrons. The minimum absolute atomic E-state index is 0. The van der Waals surface area contributed by atoms with E-state index in [2.05, 4.69) is 142 Å². The first-order chi connectivity index (χ1) is 25.9. The summed E-state index contributed by atoms with van der Waals surface area (Å²) < 4.78 is 20.6. The Hall–Kier alpha value is 0.344. The molecule has 0 aliphatic rings. The van der Waals surface area contributed by atoms with E-state index in [0.717, 1.165) is 0 Å². The van der Waals surface area contributed by atoms with Crippen LogP contribution in [0.5, 0.6) is 17.2 Å². The summed E-state index contributed by atoms with van der Waals surface area (Å²) in [6.45, 7) is 6.11. The number of nitrogen functional groups attached to an aromatic ring is 1. The van der Waals surface area contributed by atoms with E-state index >= 15 is 0 Å². The summed E-state index contributed by atoms with van der Waals surface area (Å²) in [6, 6.07) is 7.83. The number of nitro groups is 3. The van der Waals surface area contributed by atoms with Crippen LogP contribution in [-0.2, 0) is 27.3 Å². The van der Waals surface area contributed by atoms with Crippen molar-refractivity contribution in [3.8, 4) is 17.2 Å². The molecule has 0 saturated heterocycles. The quantitative estimate of drug-likeness (QED) is 0.0403. The summed E-state index contributed by atoms with van der Waals surface area (Å²) in [7, 11) is 5.45. The summed E-state index contributed by atoms with van der Waals surface area (Å²) in [6.07, 6.45) is 0.0671. The van der Waals surface area contributed by atoms with Crippen molar-refractivity contribution in [2.45, 2.75) is 37.4 Å². The number of anilines is 1. The topological polar surface area (TPSA) is 209 Å². The van der Waals surface area contributed by atoms with E-state index in [-0.39, 0.29) is 48.0 Å². The van der Waals surface area contributed by atoms with Crippen LogP contribution in [0.15, 0.2) is 49.8 Å². The number of carbonyl (C=O) groups excluding carboxylic acids is 1. The van der Waals surface area contributed by atoms with Crippen molar-refractivity contribution in [1.29, 1.82) is 0 Å². The van der Waals surface area contributed by atoms with Gasteiger partial charge in [0, 0.05) is 44.7 Å². The molecule has 15 nitrogen and oxygen atoms in total. The number of methoxy groups -OCH3 is 4. The number of nitro benzene ring substituents is 3. The number of nitrogens with two attached hydrogens (primary N) is 1. The van der Waals surface area contributed by atoms with Gasteiger partial charge in [0.05, 0.1) is 78.0 Å². The van der Waals surface area contributed by atoms with Gasteiger partial charge in [0.1, 0.15) is 17.2 Å². The predicted molar refractivity (Wildman–Crippen MR) is 271 cm³/mol. The molecule has 0 fully saturated rings. The number of hydrogen-bond donors (Lipinski definition) is 1. The van der Waals surface area contributed by atoms with Crippen molar-refractivity contribution in [2.75, 3.05) is 38.6 Å². The molecule has 0 spiro atoms. The Morgan fingerprint density at radius 3 is 1.33 bits per heavy atom. The molecule has 0 aliphatic carbocycles. The molecule has 3 aromatic carbocycles. The van der Waals surface area contributed by atoms with E-state index in [4.69, 9.17) is 54.7 Å². The number of esters is 1. The van der Waals surface area contributed by atoms with Gasteiger partial charge < -0.3 is 32.1 Å². The molecule has 0 atom stereocenters. The summed E-state index contributed by atoms with van der Waals surface area (Å²) in [4.78, 5) is 41.1. The van der Waals surface area contributed by atoms with Crippen LogP contribution >= 0.6 is 165 Å². The molecule has 0 amide bonds. The van der Waals surface area contributed by atoms with E-state index in [0.29, 0.717) is 41.7 Å². The molecule has 0 saturated carbocycles. The SMILES string of the molecule is CC.CCI.COC(=O)Cc1c(Br)cc([N+](=O)[O-])cc1OC.COc1cc([N+](=O)[O-])cc(Br)c1CC(Cl)(Cl)Cl.COc1cc([N+](=O)[O-])cc(Br)c1N.[CH3-].[I][V]([I])[I]. The number of ether oxygens (including phenoxy) is 4. The Morgan fingerprint density at radius 2 is 1.04 bits per heavy atom. The maximum absolute atomic E-state index is 11.2. The van der Waals surface area contributed by atoms with E-state index in [1.807, 2.05) is 13.8 Å². The Balaban J connectivity index is -0.000000333. The van der Waals surface area contributed by atoms with E-state index in [1.54, 1.807) is 0 Å². The number of rotatable bonds is 9. The molecule has 0 aromatic heterocycles. The minimum atomic E-state index is -1.49. The Labute approximate surface area is 423 Å². The molecule has 2 N–H and O–H groups in total. The first-order valence-corrected chi connectivity index (χ1v) is 33.3. The molecule has 0 aliphatic heterocycles.